The van der Waals surface area contributed by atoms with E-state index in [0.29, 0.717) is 25.7 Å². The van der Waals surface area contributed by atoms with E-state index >= 15 is 0 Å². The van der Waals surface area contributed by atoms with Crippen LogP contribution in [0, 0.1) is 12.8 Å². The van der Waals surface area contributed by atoms with Gasteiger partial charge in [-0.05, 0) is 31.9 Å². The fourth-order valence-electron chi connectivity index (χ4n) is 2.98. The molecule has 0 saturated carbocycles. The van der Waals surface area contributed by atoms with Crippen molar-refractivity contribution in [3.8, 4) is 5.75 Å². The Labute approximate surface area is 180 Å². The van der Waals surface area contributed by atoms with Gasteiger partial charge in [0.05, 0.1) is 26.4 Å². The SMILES string of the molecule is CN=C(NCCCOc1ccc(C)cc1)N1CCC(COCCOC)C1.I. The highest BCUT2D eigenvalue weighted by atomic mass is 127. The van der Waals surface area contributed by atoms with Crippen LogP contribution in [0.25, 0.3) is 0 Å². The Kier molecular flexibility index (Phi) is 12.4. The summed E-state index contributed by atoms with van der Waals surface area (Å²) in [6.07, 6.45) is 2.08. The van der Waals surface area contributed by atoms with E-state index in [1.54, 1.807) is 7.11 Å². The highest BCUT2D eigenvalue weighted by Gasteiger charge is 2.24. The monoisotopic (exact) mass is 491 g/mol. The number of halogens is 1. The first kappa shape index (κ1) is 24.0. The molecule has 1 aliphatic rings. The summed E-state index contributed by atoms with van der Waals surface area (Å²) in [4.78, 5) is 6.72. The molecule has 1 atom stereocenters. The van der Waals surface area contributed by atoms with Gasteiger partial charge in [0, 0.05) is 39.7 Å². The zero-order valence-electron chi connectivity index (χ0n) is 16.8. The Morgan fingerprint density at radius 2 is 2.00 bits per heavy atom. The third-order valence-corrected chi connectivity index (χ3v) is 4.48. The predicted octanol–water partition coefficient (Wildman–Crippen LogP) is 2.94. The van der Waals surface area contributed by atoms with Crippen LogP contribution >= 0.6 is 24.0 Å². The molecule has 0 aromatic heterocycles. The van der Waals surface area contributed by atoms with Gasteiger partial charge in [-0.15, -0.1) is 24.0 Å². The lowest BCUT2D eigenvalue weighted by Crippen LogP contribution is -2.40. The number of hydrogen-bond donors (Lipinski definition) is 1. The average molecular weight is 491 g/mol. The first-order valence-corrected chi connectivity index (χ1v) is 9.44. The van der Waals surface area contributed by atoms with Gasteiger partial charge < -0.3 is 24.4 Å². The lowest BCUT2D eigenvalue weighted by Gasteiger charge is -2.21. The summed E-state index contributed by atoms with van der Waals surface area (Å²) in [7, 11) is 3.54. The third kappa shape index (κ3) is 9.12. The number of guanidine groups is 1. The van der Waals surface area contributed by atoms with Crippen LogP contribution < -0.4 is 10.1 Å². The average Bonchev–Trinajstić information content (AvgIpc) is 3.12. The quantitative estimate of drug-likeness (QED) is 0.236. The number of nitrogens with zero attached hydrogens (tertiary/aromatic N) is 2. The second kappa shape index (κ2) is 14.0. The molecule has 1 N–H and O–H groups in total. The number of aliphatic imine (C=N–C) groups is 1. The topological polar surface area (TPSA) is 55.3 Å². The smallest absolute Gasteiger partial charge is 0.193 e. The fraction of sp³-hybridized carbons (Fsp3) is 0.650. The molecule has 1 saturated heterocycles. The highest BCUT2D eigenvalue weighted by molar-refractivity contribution is 14.0. The van der Waals surface area contributed by atoms with Gasteiger partial charge in [-0.1, -0.05) is 17.7 Å². The summed E-state index contributed by atoms with van der Waals surface area (Å²) in [5.41, 5.74) is 1.25. The number of rotatable bonds is 10. The minimum Gasteiger partial charge on any atom is -0.494 e. The molecule has 1 aromatic rings. The summed E-state index contributed by atoms with van der Waals surface area (Å²) in [5.74, 6) is 2.46. The molecule has 0 bridgehead atoms. The van der Waals surface area contributed by atoms with Crippen molar-refractivity contribution in [2.24, 2.45) is 10.9 Å². The molecule has 0 spiro atoms. The molecule has 7 heteroatoms. The number of methoxy groups -OCH3 is 1. The minimum atomic E-state index is 0. The van der Waals surface area contributed by atoms with Gasteiger partial charge in [0.2, 0.25) is 0 Å². The number of ether oxygens (including phenoxy) is 3. The maximum absolute atomic E-state index is 5.76. The first-order chi connectivity index (χ1) is 12.7. The molecule has 1 fully saturated rings. The lowest BCUT2D eigenvalue weighted by atomic mass is 10.1. The first-order valence-electron chi connectivity index (χ1n) is 9.44. The zero-order valence-corrected chi connectivity index (χ0v) is 19.1. The molecule has 6 nitrogen and oxygen atoms in total. The Morgan fingerprint density at radius 1 is 1.22 bits per heavy atom. The summed E-state index contributed by atoms with van der Waals surface area (Å²) in [6.45, 7) is 7.76. The van der Waals surface area contributed by atoms with E-state index in [4.69, 9.17) is 14.2 Å². The van der Waals surface area contributed by atoms with Gasteiger partial charge in [0.1, 0.15) is 5.75 Å². The van der Waals surface area contributed by atoms with E-state index in [1.807, 2.05) is 19.2 Å². The lowest BCUT2D eigenvalue weighted by molar-refractivity contribution is 0.0536. The van der Waals surface area contributed by atoms with Crippen molar-refractivity contribution >= 4 is 29.9 Å². The molecule has 0 radical (unpaired) electrons. The summed E-state index contributed by atoms with van der Waals surface area (Å²) >= 11 is 0. The molecule has 2 rings (SSSR count). The Hall–Kier alpha value is -1.06. The number of hydrogen-bond acceptors (Lipinski definition) is 4. The molecule has 1 unspecified atom stereocenters. The van der Waals surface area contributed by atoms with Gasteiger partial charge in [-0.2, -0.15) is 0 Å². The van der Waals surface area contributed by atoms with Crippen molar-refractivity contribution in [1.82, 2.24) is 10.2 Å². The van der Waals surface area contributed by atoms with Crippen LogP contribution in [0.2, 0.25) is 0 Å². The largest absolute Gasteiger partial charge is 0.494 e. The van der Waals surface area contributed by atoms with Gasteiger partial charge >= 0.3 is 0 Å². The van der Waals surface area contributed by atoms with Crippen LogP contribution in [-0.2, 0) is 9.47 Å². The molecule has 1 aromatic carbocycles. The van der Waals surface area contributed by atoms with Gasteiger partial charge in [-0.3, -0.25) is 4.99 Å². The van der Waals surface area contributed by atoms with E-state index in [9.17, 15) is 0 Å². The van der Waals surface area contributed by atoms with Crippen LogP contribution in [0.15, 0.2) is 29.3 Å². The molecule has 0 aliphatic carbocycles. The van der Waals surface area contributed by atoms with E-state index in [-0.39, 0.29) is 24.0 Å². The Balaban J connectivity index is 0.00000364. The molecule has 1 aliphatic heterocycles. The van der Waals surface area contributed by atoms with Crippen LogP contribution in [0.3, 0.4) is 0 Å². The van der Waals surface area contributed by atoms with E-state index in [1.165, 1.54) is 5.56 Å². The third-order valence-electron chi connectivity index (χ3n) is 4.48. The summed E-state index contributed by atoms with van der Waals surface area (Å²) < 4.78 is 16.4. The van der Waals surface area contributed by atoms with E-state index in [0.717, 1.165) is 50.8 Å². The van der Waals surface area contributed by atoms with Crippen molar-refractivity contribution in [3.05, 3.63) is 29.8 Å². The Morgan fingerprint density at radius 3 is 2.70 bits per heavy atom. The van der Waals surface area contributed by atoms with Crippen molar-refractivity contribution in [2.75, 3.05) is 60.2 Å². The standard InChI is InChI=1S/C20H33N3O3.HI/c1-17-5-7-19(8-6-17)26-12-4-10-22-20(21-2)23-11-9-18(15-23)16-25-14-13-24-3;/h5-8,18H,4,9-16H2,1-3H3,(H,21,22);1H. The van der Waals surface area contributed by atoms with Crippen molar-refractivity contribution in [1.29, 1.82) is 0 Å². The highest BCUT2D eigenvalue weighted by Crippen LogP contribution is 2.16. The summed E-state index contributed by atoms with van der Waals surface area (Å²) in [6, 6.07) is 8.16. The van der Waals surface area contributed by atoms with E-state index in [2.05, 4.69) is 34.3 Å². The molecule has 27 heavy (non-hydrogen) atoms. The predicted molar refractivity (Wildman–Crippen MR) is 120 cm³/mol. The van der Waals surface area contributed by atoms with E-state index < -0.39 is 0 Å². The molecule has 154 valence electrons. The second-order valence-corrected chi connectivity index (χ2v) is 6.66. The van der Waals surface area contributed by atoms with Crippen LogP contribution in [0.4, 0.5) is 0 Å². The van der Waals surface area contributed by atoms with Crippen molar-refractivity contribution < 1.29 is 14.2 Å². The Bertz CT molecular complexity index is 540. The number of aryl methyl sites for hydroxylation is 1. The molecule has 1 heterocycles. The molecular formula is C20H34IN3O3. The maximum atomic E-state index is 5.76. The van der Waals surface area contributed by atoms with Crippen LogP contribution in [0.1, 0.15) is 18.4 Å². The van der Waals surface area contributed by atoms with Crippen LogP contribution in [0.5, 0.6) is 5.75 Å². The van der Waals surface area contributed by atoms with Crippen molar-refractivity contribution in [2.45, 2.75) is 19.8 Å². The molecule has 0 amide bonds. The minimum absolute atomic E-state index is 0. The second-order valence-electron chi connectivity index (χ2n) is 6.66. The normalized spacial score (nSPS) is 16.9. The summed E-state index contributed by atoms with van der Waals surface area (Å²) in [5, 5.41) is 3.44. The van der Waals surface area contributed by atoms with Gasteiger partial charge in [-0.25, -0.2) is 0 Å². The van der Waals surface area contributed by atoms with Crippen molar-refractivity contribution in [3.63, 3.8) is 0 Å². The van der Waals surface area contributed by atoms with Gasteiger partial charge in [0.25, 0.3) is 0 Å². The maximum Gasteiger partial charge on any atom is 0.193 e. The number of benzene rings is 1. The van der Waals surface area contributed by atoms with Crippen LogP contribution in [-0.4, -0.2) is 71.1 Å². The number of nitrogens with one attached hydrogen (secondary N) is 1. The van der Waals surface area contributed by atoms with Gasteiger partial charge in [0.15, 0.2) is 5.96 Å². The fourth-order valence-corrected chi connectivity index (χ4v) is 2.98. The molecular weight excluding hydrogens is 457 g/mol. The zero-order chi connectivity index (χ0) is 18.6. The number of likely N-dealkylation sites (tertiary alicyclic amines) is 1.